The summed E-state index contributed by atoms with van der Waals surface area (Å²) in [5.74, 6) is 0.932. The molecule has 1 amide bonds. The molecule has 126 valence electrons. The van der Waals surface area contributed by atoms with Crippen molar-refractivity contribution in [2.75, 3.05) is 24.5 Å². The number of carbonyl (C=O) groups excluding carboxylic acids is 1. The van der Waals surface area contributed by atoms with Crippen LogP contribution in [-0.2, 0) is 11.3 Å². The van der Waals surface area contributed by atoms with Gasteiger partial charge in [0.05, 0.1) is 11.9 Å². The molecular weight excluding hydrogens is 300 g/mol. The highest BCUT2D eigenvalue weighted by molar-refractivity contribution is 5.78. The molecule has 24 heavy (non-hydrogen) atoms. The largest absolute Gasteiger partial charge is 0.369 e. The van der Waals surface area contributed by atoms with Gasteiger partial charge in [0.2, 0.25) is 5.91 Å². The van der Waals surface area contributed by atoms with E-state index in [1.807, 2.05) is 17.3 Å². The maximum atomic E-state index is 11.7. The molecule has 0 aliphatic carbocycles. The molecule has 0 atom stereocenters. The maximum Gasteiger partial charge on any atom is 0.222 e. The van der Waals surface area contributed by atoms with Crippen LogP contribution in [0, 0.1) is 0 Å². The maximum absolute atomic E-state index is 11.7. The van der Waals surface area contributed by atoms with Gasteiger partial charge in [-0.3, -0.25) is 9.89 Å². The molecule has 1 aromatic carbocycles. The normalized spacial score (nSPS) is 19.2. The summed E-state index contributed by atoms with van der Waals surface area (Å²) in [5.41, 5.74) is 3.86. The standard InChI is InChI=1S/C19H24N4O/c24-19-2-1-9-23(19)14-15-3-5-16(6-4-15)17-7-10-22(11-8-17)18-12-20-21-13-18/h3-6,12-13,17H,1-2,7-11,14H2,(H,20,21). The number of H-pyrrole nitrogens is 1. The molecule has 1 aromatic heterocycles. The van der Waals surface area contributed by atoms with Crippen molar-refractivity contribution in [1.29, 1.82) is 0 Å². The molecule has 2 fully saturated rings. The number of rotatable bonds is 4. The van der Waals surface area contributed by atoms with Crippen molar-refractivity contribution < 1.29 is 4.79 Å². The third-order valence-electron chi connectivity index (χ3n) is 5.34. The Morgan fingerprint density at radius 1 is 1.12 bits per heavy atom. The van der Waals surface area contributed by atoms with E-state index in [0.717, 1.165) is 32.6 Å². The van der Waals surface area contributed by atoms with Crippen LogP contribution < -0.4 is 4.90 Å². The zero-order valence-corrected chi connectivity index (χ0v) is 13.9. The molecule has 2 saturated heterocycles. The lowest BCUT2D eigenvalue weighted by molar-refractivity contribution is -0.128. The first-order chi connectivity index (χ1) is 11.8. The average molecular weight is 324 g/mol. The zero-order valence-electron chi connectivity index (χ0n) is 13.9. The van der Waals surface area contributed by atoms with E-state index in [-0.39, 0.29) is 0 Å². The minimum Gasteiger partial charge on any atom is -0.369 e. The highest BCUT2D eigenvalue weighted by Crippen LogP contribution is 2.30. The Kier molecular flexibility index (Phi) is 4.24. The summed E-state index contributed by atoms with van der Waals surface area (Å²) >= 11 is 0. The lowest BCUT2D eigenvalue weighted by Gasteiger charge is -2.33. The smallest absolute Gasteiger partial charge is 0.222 e. The lowest BCUT2D eigenvalue weighted by Crippen LogP contribution is -2.32. The SMILES string of the molecule is O=C1CCCN1Cc1ccc(C2CCN(c3cn[nH]c3)CC2)cc1. The number of hydrogen-bond donors (Lipinski definition) is 1. The first-order valence-corrected chi connectivity index (χ1v) is 8.90. The molecule has 5 heteroatoms. The summed E-state index contributed by atoms with van der Waals surface area (Å²) in [4.78, 5) is 16.1. The molecule has 0 spiro atoms. The van der Waals surface area contributed by atoms with E-state index in [2.05, 4.69) is 39.4 Å². The number of amides is 1. The molecule has 0 unspecified atom stereocenters. The number of benzene rings is 1. The van der Waals surface area contributed by atoms with Gasteiger partial charge in [-0.05, 0) is 36.3 Å². The summed E-state index contributed by atoms with van der Waals surface area (Å²) in [7, 11) is 0. The van der Waals surface area contributed by atoms with Crippen LogP contribution in [-0.4, -0.2) is 40.6 Å². The van der Waals surface area contributed by atoms with Gasteiger partial charge in [-0.15, -0.1) is 0 Å². The van der Waals surface area contributed by atoms with Gasteiger partial charge in [0.1, 0.15) is 0 Å². The van der Waals surface area contributed by atoms with E-state index < -0.39 is 0 Å². The quantitative estimate of drug-likeness (QED) is 0.941. The first kappa shape index (κ1) is 15.2. The van der Waals surface area contributed by atoms with Crippen molar-refractivity contribution >= 4 is 11.6 Å². The van der Waals surface area contributed by atoms with Crippen LogP contribution in [0.1, 0.15) is 42.7 Å². The van der Waals surface area contributed by atoms with Crippen molar-refractivity contribution in [3.63, 3.8) is 0 Å². The van der Waals surface area contributed by atoms with Gasteiger partial charge in [-0.2, -0.15) is 5.10 Å². The Morgan fingerprint density at radius 3 is 2.54 bits per heavy atom. The molecule has 2 aromatic rings. The Bertz CT molecular complexity index is 672. The van der Waals surface area contributed by atoms with E-state index in [4.69, 9.17) is 0 Å². The lowest BCUT2D eigenvalue weighted by atomic mass is 9.89. The summed E-state index contributed by atoms with van der Waals surface area (Å²) in [6.45, 7) is 3.83. The van der Waals surface area contributed by atoms with E-state index in [1.54, 1.807) is 0 Å². The molecule has 0 saturated carbocycles. The second-order valence-electron chi connectivity index (χ2n) is 6.88. The van der Waals surface area contributed by atoms with Crippen molar-refractivity contribution in [1.82, 2.24) is 15.1 Å². The number of likely N-dealkylation sites (tertiary alicyclic amines) is 1. The number of aromatic nitrogens is 2. The molecular formula is C19H24N4O. The molecule has 3 heterocycles. The van der Waals surface area contributed by atoms with Gasteiger partial charge in [-0.1, -0.05) is 24.3 Å². The minimum atomic E-state index is 0.297. The summed E-state index contributed by atoms with van der Waals surface area (Å²) in [6, 6.07) is 8.91. The molecule has 1 N–H and O–H groups in total. The second kappa shape index (κ2) is 6.67. The van der Waals surface area contributed by atoms with Crippen LogP contribution in [0.3, 0.4) is 0 Å². The van der Waals surface area contributed by atoms with Crippen LogP contribution in [0.4, 0.5) is 5.69 Å². The van der Waals surface area contributed by atoms with Gasteiger partial charge in [0.25, 0.3) is 0 Å². The molecule has 2 aliphatic rings. The van der Waals surface area contributed by atoms with Crippen LogP contribution in [0.2, 0.25) is 0 Å². The third kappa shape index (κ3) is 3.16. The number of piperidine rings is 1. The van der Waals surface area contributed by atoms with E-state index >= 15 is 0 Å². The Morgan fingerprint density at radius 2 is 1.92 bits per heavy atom. The van der Waals surface area contributed by atoms with Gasteiger partial charge in [0.15, 0.2) is 0 Å². The molecule has 0 bridgehead atoms. The van der Waals surface area contributed by atoms with Gasteiger partial charge < -0.3 is 9.80 Å². The van der Waals surface area contributed by atoms with E-state index in [1.165, 1.54) is 29.7 Å². The molecule has 4 rings (SSSR count). The number of nitrogens with zero attached hydrogens (tertiary/aromatic N) is 3. The number of carbonyl (C=O) groups is 1. The van der Waals surface area contributed by atoms with Gasteiger partial charge in [0, 0.05) is 38.8 Å². The average Bonchev–Trinajstić information content (AvgIpc) is 3.29. The Labute approximate surface area is 142 Å². The minimum absolute atomic E-state index is 0.297. The van der Waals surface area contributed by atoms with Gasteiger partial charge >= 0.3 is 0 Å². The van der Waals surface area contributed by atoms with Crippen LogP contribution in [0.25, 0.3) is 0 Å². The Balaban J connectivity index is 1.34. The highest BCUT2D eigenvalue weighted by atomic mass is 16.2. The molecule has 5 nitrogen and oxygen atoms in total. The van der Waals surface area contributed by atoms with Crippen molar-refractivity contribution in [2.45, 2.75) is 38.1 Å². The third-order valence-corrected chi connectivity index (χ3v) is 5.34. The summed E-state index contributed by atoms with van der Waals surface area (Å²) < 4.78 is 0. The summed E-state index contributed by atoms with van der Waals surface area (Å²) in [5, 5.41) is 6.93. The second-order valence-corrected chi connectivity index (χ2v) is 6.88. The summed E-state index contributed by atoms with van der Waals surface area (Å²) in [6.07, 6.45) is 7.94. The van der Waals surface area contributed by atoms with Crippen molar-refractivity contribution in [2.24, 2.45) is 0 Å². The zero-order chi connectivity index (χ0) is 16.4. The predicted molar refractivity (Wildman–Crippen MR) is 93.9 cm³/mol. The fraction of sp³-hybridized carbons (Fsp3) is 0.474. The van der Waals surface area contributed by atoms with E-state index in [9.17, 15) is 4.79 Å². The first-order valence-electron chi connectivity index (χ1n) is 8.90. The van der Waals surface area contributed by atoms with Crippen LogP contribution in [0.15, 0.2) is 36.7 Å². The van der Waals surface area contributed by atoms with E-state index in [0.29, 0.717) is 18.2 Å². The molecule has 0 radical (unpaired) electrons. The number of anilines is 1. The van der Waals surface area contributed by atoms with Crippen LogP contribution in [0.5, 0.6) is 0 Å². The predicted octanol–water partition coefficient (Wildman–Crippen LogP) is 2.92. The number of nitrogens with one attached hydrogen (secondary N) is 1. The van der Waals surface area contributed by atoms with Crippen molar-refractivity contribution in [3.05, 3.63) is 47.8 Å². The topological polar surface area (TPSA) is 52.2 Å². The van der Waals surface area contributed by atoms with Gasteiger partial charge in [-0.25, -0.2) is 0 Å². The van der Waals surface area contributed by atoms with Crippen LogP contribution >= 0.6 is 0 Å². The highest BCUT2D eigenvalue weighted by Gasteiger charge is 2.22. The molecule has 2 aliphatic heterocycles. The van der Waals surface area contributed by atoms with Crippen molar-refractivity contribution in [3.8, 4) is 0 Å². The Hall–Kier alpha value is -2.30. The fourth-order valence-corrected chi connectivity index (χ4v) is 3.87. The monoisotopic (exact) mass is 324 g/mol. The fourth-order valence-electron chi connectivity index (χ4n) is 3.87. The number of hydrogen-bond acceptors (Lipinski definition) is 3. The number of aromatic amines is 1.